The summed E-state index contributed by atoms with van der Waals surface area (Å²) in [6.45, 7) is 2.65. The molecule has 2 aromatic carbocycles. The molecule has 0 bridgehead atoms. The molecule has 0 aliphatic carbocycles. The molecule has 1 heterocycles. The Morgan fingerprint density at radius 1 is 1.11 bits per heavy atom. The Hall–Kier alpha value is -2.29. The predicted molar refractivity (Wildman–Crippen MR) is 72.7 cm³/mol. The number of hydrogen-bond acceptors (Lipinski definition) is 2. The third-order valence-corrected chi connectivity index (χ3v) is 2.81. The minimum atomic E-state index is 0.670. The molecule has 0 aliphatic rings. The number of H-pyrrole nitrogens is 1. The van der Waals surface area contributed by atoms with Crippen molar-refractivity contribution >= 4 is 11.0 Å². The van der Waals surface area contributed by atoms with E-state index in [1.165, 1.54) is 0 Å². The van der Waals surface area contributed by atoms with Crippen LogP contribution >= 0.6 is 0 Å². The molecular weight excluding hydrogens is 224 g/mol. The molecule has 1 aromatic heterocycles. The summed E-state index contributed by atoms with van der Waals surface area (Å²) in [5.74, 6) is 1.74. The van der Waals surface area contributed by atoms with E-state index >= 15 is 0 Å². The molecule has 0 saturated carbocycles. The summed E-state index contributed by atoms with van der Waals surface area (Å²) >= 11 is 0. The number of para-hydroxylation sites is 2. The fourth-order valence-corrected chi connectivity index (χ4v) is 1.99. The number of ether oxygens (including phenoxy) is 1. The van der Waals surface area contributed by atoms with Crippen LogP contribution in [0.2, 0.25) is 0 Å². The van der Waals surface area contributed by atoms with Gasteiger partial charge < -0.3 is 9.72 Å². The quantitative estimate of drug-likeness (QED) is 0.756. The molecule has 1 N–H and O–H groups in total. The van der Waals surface area contributed by atoms with Gasteiger partial charge in [0, 0.05) is 5.56 Å². The van der Waals surface area contributed by atoms with E-state index in [0.717, 1.165) is 28.2 Å². The van der Waals surface area contributed by atoms with Crippen LogP contribution in [0, 0.1) is 0 Å². The van der Waals surface area contributed by atoms with Gasteiger partial charge in [-0.05, 0) is 31.2 Å². The van der Waals surface area contributed by atoms with Gasteiger partial charge in [-0.15, -0.1) is 0 Å². The number of aromatic nitrogens is 2. The lowest BCUT2D eigenvalue weighted by atomic mass is 10.2. The molecule has 0 amide bonds. The maximum atomic E-state index is 5.50. The van der Waals surface area contributed by atoms with Crippen molar-refractivity contribution in [3.63, 3.8) is 0 Å². The Balaban J connectivity index is 2.05. The van der Waals surface area contributed by atoms with Crippen molar-refractivity contribution < 1.29 is 4.74 Å². The first-order valence-corrected chi connectivity index (χ1v) is 6.05. The van der Waals surface area contributed by atoms with Gasteiger partial charge in [-0.3, -0.25) is 0 Å². The Morgan fingerprint density at radius 3 is 2.83 bits per heavy atom. The smallest absolute Gasteiger partial charge is 0.138 e. The molecule has 3 heteroatoms. The zero-order chi connectivity index (χ0) is 12.4. The summed E-state index contributed by atoms with van der Waals surface area (Å²) in [6.07, 6.45) is 0. The van der Waals surface area contributed by atoms with Crippen LogP contribution in [0.3, 0.4) is 0 Å². The standard InChI is InChI=1S/C15H14N2O/c1-2-18-12-7-5-6-11(10-12)15-16-13-8-3-4-9-14(13)17-15/h3-10H,2H2,1H3,(H,16,17). The van der Waals surface area contributed by atoms with E-state index in [2.05, 4.69) is 9.97 Å². The van der Waals surface area contributed by atoms with Crippen LogP contribution in [-0.4, -0.2) is 16.6 Å². The average Bonchev–Trinajstić information content (AvgIpc) is 2.83. The summed E-state index contributed by atoms with van der Waals surface area (Å²) in [4.78, 5) is 7.89. The number of hydrogen-bond donors (Lipinski definition) is 1. The maximum Gasteiger partial charge on any atom is 0.138 e. The molecule has 0 atom stereocenters. The van der Waals surface area contributed by atoms with E-state index in [1.807, 2.05) is 55.5 Å². The second-order valence-corrected chi connectivity index (χ2v) is 4.06. The van der Waals surface area contributed by atoms with Crippen LogP contribution in [0.25, 0.3) is 22.4 Å². The van der Waals surface area contributed by atoms with Gasteiger partial charge in [0.05, 0.1) is 17.6 Å². The number of fused-ring (bicyclic) bond motifs is 1. The first-order chi connectivity index (χ1) is 8.86. The van der Waals surface area contributed by atoms with E-state index in [1.54, 1.807) is 0 Å². The molecule has 3 nitrogen and oxygen atoms in total. The lowest BCUT2D eigenvalue weighted by Crippen LogP contribution is -1.91. The highest BCUT2D eigenvalue weighted by molar-refractivity contribution is 5.79. The minimum Gasteiger partial charge on any atom is -0.494 e. The molecule has 90 valence electrons. The van der Waals surface area contributed by atoms with E-state index in [4.69, 9.17) is 4.74 Å². The number of nitrogens with one attached hydrogen (secondary N) is 1. The molecule has 0 fully saturated rings. The largest absolute Gasteiger partial charge is 0.494 e. The third-order valence-electron chi connectivity index (χ3n) is 2.81. The molecule has 0 unspecified atom stereocenters. The first kappa shape index (κ1) is 10.8. The number of nitrogens with zero attached hydrogens (tertiary/aromatic N) is 1. The molecule has 0 saturated heterocycles. The highest BCUT2D eigenvalue weighted by Crippen LogP contribution is 2.23. The number of rotatable bonds is 3. The normalized spacial score (nSPS) is 10.7. The van der Waals surface area contributed by atoms with Gasteiger partial charge in [0.15, 0.2) is 0 Å². The molecule has 0 spiro atoms. The molecule has 3 rings (SSSR count). The summed E-state index contributed by atoms with van der Waals surface area (Å²) < 4.78 is 5.50. The molecule has 0 aliphatic heterocycles. The second kappa shape index (κ2) is 4.53. The van der Waals surface area contributed by atoms with E-state index < -0.39 is 0 Å². The topological polar surface area (TPSA) is 37.9 Å². The predicted octanol–water partition coefficient (Wildman–Crippen LogP) is 3.63. The summed E-state index contributed by atoms with van der Waals surface area (Å²) in [5.41, 5.74) is 3.07. The Labute approximate surface area is 105 Å². The zero-order valence-corrected chi connectivity index (χ0v) is 10.2. The number of imidazole rings is 1. The Kier molecular flexibility index (Phi) is 2.73. The van der Waals surface area contributed by atoms with Gasteiger partial charge in [0.2, 0.25) is 0 Å². The van der Waals surface area contributed by atoms with Crippen molar-refractivity contribution in [3.05, 3.63) is 48.5 Å². The van der Waals surface area contributed by atoms with Gasteiger partial charge in [-0.25, -0.2) is 4.98 Å². The van der Waals surface area contributed by atoms with E-state index in [0.29, 0.717) is 6.61 Å². The van der Waals surface area contributed by atoms with Crippen LogP contribution in [-0.2, 0) is 0 Å². The first-order valence-electron chi connectivity index (χ1n) is 6.05. The Morgan fingerprint density at radius 2 is 2.00 bits per heavy atom. The van der Waals surface area contributed by atoms with Crippen molar-refractivity contribution in [1.29, 1.82) is 0 Å². The van der Waals surface area contributed by atoms with Crippen LogP contribution < -0.4 is 4.74 Å². The lowest BCUT2D eigenvalue weighted by molar-refractivity contribution is 0.340. The maximum absolute atomic E-state index is 5.50. The van der Waals surface area contributed by atoms with Crippen molar-refractivity contribution in [2.24, 2.45) is 0 Å². The number of aromatic amines is 1. The summed E-state index contributed by atoms with van der Waals surface area (Å²) in [5, 5.41) is 0. The highest BCUT2D eigenvalue weighted by atomic mass is 16.5. The monoisotopic (exact) mass is 238 g/mol. The highest BCUT2D eigenvalue weighted by Gasteiger charge is 2.05. The number of benzene rings is 2. The van der Waals surface area contributed by atoms with Gasteiger partial charge in [-0.1, -0.05) is 24.3 Å². The zero-order valence-electron chi connectivity index (χ0n) is 10.2. The fourth-order valence-electron chi connectivity index (χ4n) is 1.99. The van der Waals surface area contributed by atoms with Crippen LogP contribution in [0.15, 0.2) is 48.5 Å². The molecule has 18 heavy (non-hydrogen) atoms. The summed E-state index contributed by atoms with van der Waals surface area (Å²) in [6, 6.07) is 16.0. The molecule has 0 radical (unpaired) electrons. The van der Waals surface area contributed by atoms with Gasteiger partial charge in [0.1, 0.15) is 11.6 Å². The van der Waals surface area contributed by atoms with Gasteiger partial charge >= 0.3 is 0 Å². The van der Waals surface area contributed by atoms with Crippen molar-refractivity contribution in [2.75, 3.05) is 6.61 Å². The van der Waals surface area contributed by atoms with E-state index in [-0.39, 0.29) is 0 Å². The SMILES string of the molecule is CCOc1cccc(-c2nc3ccccc3[nH]2)c1. The van der Waals surface area contributed by atoms with Crippen molar-refractivity contribution in [2.45, 2.75) is 6.92 Å². The van der Waals surface area contributed by atoms with Crippen LogP contribution in [0.5, 0.6) is 5.75 Å². The van der Waals surface area contributed by atoms with Crippen LogP contribution in [0.4, 0.5) is 0 Å². The van der Waals surface area contributed by atoms with Crippen molar-refractivity contribution in [1.82, 2.24) is 9.97 Å². The third kappa shape index (κ3) is 1.95. The van der Waals surface area contributed by atoms with Gasteiger partial charge in [-0.2, -0.15) is 0 Å². The minimum absolute atomic E-state index is 0.670. The fraction of sp³-hybridized carbons (Fsp3) is 0.133. The lowest BCUT2D eigenvalue weighted by Gasteiger charge is -2.03. The van der Waals surface area contributed by atoms with Crippen LogP contribution in [0.1, 0.15) is 6.92 Å². The molecular formula is C15H14N2O. The van der Waals surface area contributed by atoms with Crippen molar-refractivity contribution in [3.8, 4) is 17.1 Å². The Bertz CT molecular complexity index is 640. The summed E-state index contributed by atoms with van der Waals surface area (Å²) in [7, 11) is 0. The van der Waals surface area contributed by atoms with E-state index in [9.17, 15) is 0 Å². The van der Waals surface area contributed by atoms with Gasteiger partial charge in [0.25, 0.3) is 0 Å². The second-order valence-electron chi connectivity index (χ2n) is 4.06. The average molecular weight is 238 g/mol. The molecule has 3 aromatic rings.